The van der Waals surface area contributed by atoms with Crippen molar-refractivity contribution < 1.29 is 14.3 Å². The molecule has 2 aromatic rings. The summed E-state index contributed by atoms with van der Waals surface area (Å²) in [7, 11) is 2.90. The van der Waals surface area contributed by atoms with E-state index < -0.39 is 6.03 Å². The minimum absolute atomic E-state index is 0.213. The Hall–Kier alpha value is -2.15. The number of ether oxygens (including phenoxy) is 2. The predicted octanol–water partition coefficient (Wildman–Crippen LogP) is 4.82. The van der Waals surface area contributed by atoms with Gasteiger partial charge in [0.15, 0.2) is 5.75 Å². The van der Waals surface area contributed by atoms with Crippen molar-refractivity contribution in [1.29, 1.82) is 0 Å². The first-order chi connectivity index (χ1) is 12.0. The van der Waals surface area contributed by atoms with Crippen molar-refractivity contribution >= 4 is 52.7 Å². The van der Waals surface area contributed by atoms with Gasteiger partial charge in [0.2, 0.25) is 0 Å². The summed E-state index contributed by atoms with van der Waals surface area (Å²) in [5, 5.41) is 7.53. The maximum Gasteiger partial charge on any atom is 0.339 e. The summed E-state index contributed by atoms with van der Waals surface area (Å²) in [5.41, 5.74) is 3.38. The first-order valence-electron chi connectivity index (χ1n) is 6.92. The topological polar surface area (TPSA) is 72.0 Å². The predicted molar refractivity (Wildman–Crippen MR) is 101 cm³/mol. The molecule has 9 heteroatoms. The molecule has 6 nitrogen and oxygen atoms in total. The molecule has 2 rings (SSSR count). The number of anilines is 1. The van der Waals surface area contributed by atoms with Crippen LogP contribution < -0.4 is 20.2 Å². The summed E-state index contributed by atoms with van der Waals surface area (Å²) in [5.74, 6) is 0.623. The molecule has 0 saturated heterocycles. The van der Waals surface area contributed by atoms with Crippen LogP contribution in [0, 0.1) is 0 Å². The lowest BCUT2D eigenvalue weighted by Crippen LogP contribution is -2.24. The minimum Gasteiger partial charge on any atom is -0.494 e. The van der Waals surface area contributed by atoms with Crippen LogP contribution in [-0.2, 0) is 0 Å². The molecule has 0 aliphatic carbocycles. The Bertz CT molecular complexity index is 795. The Balaban J connectivity index is 2.08. The number of carbonyl (C=O) groups excluding carboxylic acids is 1. The maximum atomic E-state index is 11.8. The van der Waals surface area contributed by atoms with Crippen molar-refractivity contribution in [2.45, 2.75) is 0 Å². The molecule has 2 amide bonds. The van der Waals surface area contributed by atoms with Crippen LogP contribution in [0.3, 0.4) is 0 Å². The molecule has 0 unspecified atom stereocenters. The van der Waals surface area contributed by atoms with Crippen LogP contribution in [-0.4, -0.2) is 26.5 Å². The van der Waals surface area contributed by atoms with E-state index >= 15 is 0 Å². The van der Waals surface area contributed by atoms with Gasteiger partial charge in [-0.15, -0.1) is 0 Å². The fourth-order valence-electron chi connectivity index (χ4n) is 1.95. The van der Waals surface area contributed by atoms with Gasteiger partial charge in [-0.05, 0) is 30.3 Å². The number of halogens is 3. The van der Waals surface area contributed by atoms with Gasteiger partial charge < -0.3 is 14.8 Å². The molecule has 2 N–H and O–H groups in total. The number of hydrazone groups is 1. The van der Waals surface area contributed by atoms with E-state index in [1.807, 2.05) is 0 Å². The summed E-state index contributed by atoms with van der Waals surface area (Å²) in [4.78, 5) is 11.8. The van der Waals surface area contributed by atoms with E-state index in [0.29, 0.717) is 32.8 Å². The van der Waals surface area contributed by atoms with Crippen LogP contribution in [0.5, 0.6) is 11.5 Å². The molecular weight excluding hydrogens is 389 g/mol. The largest absolute Gasteiger partial charge is 0.494 e. The molecule has 0 aliphatic rings. The van der Waals surface area contributed by atoms with Gasteiger partial charge >= 0.3 is 6.03 Å². The van der Waals surface area contributed by atoms with E-state index in [9.17, 15) is 4.79 Å². The Morgan fingerprint density at radius 2 is 1.72 bits per heavy atom. The lowest BCUT2D eigenvalue weighted by Gasteiger charge is -2.12. The molecule has 0 radical (unpaired) electrons. The van der Waals surface area contributed by atoms with E-state index in [-0.39, 0.29) is 5.02 Å². The van der Waals surface area contributed by atoms with Crippen molar-refractivity contribution in [3.05, 3.63) is 51.0 Å². The Kier molecular flexibility index (Phi) is 6.75. The molecular formula is C16H14Cl3N3O3. The summed E-state index contributed by atoms with van der Waals surface area (Å²) in [6, 6.07) is 7.69. The molecule has 25 heavy (non-hydrogen) atoms. The van der Waals surface area contributed by atoms with Crippen LogP contribution >= 0.6 is 34.8 Å². The van der Waals surface area contributed by atoms with E-state index in [2.05, 4.69) is 15.8 Å². The zero-order chi connectivity index (χ0) is 18.4. The molecule has 0 saturated carbocycles. The smallest absolute Gasteiger partial charge is 0.339 e. The SMILES string of the molecule is COc1c(Cl)cc(/C=N\NC(=O)Nc2ccc(Cl)cc2)c(OC)c1Cl. The molecule has 132 valence electrons. The van der Waals surface area contributed by atoms with Crippen LogP contribution in [0.1, 0.15) is 5.56 Å². The third kappa shape index (κ3) is 4.92. The second kappa shape index (κ2) is 8.80. The Morgan fingerprint density at radius 3 is 2.32 bits per heavy atom. The molecule has 0 atom stereocenters. The fourth-order valence-corrected chi connectivity index (χ4v) is 2.77. The van der Waals surface area contributed by atoms with Gasteiger partial charge in [-0.3, -0.25) is 0 Å². The number of carbonyl (C=O) groups is 1. The minimum atomic E-state index is -0.525. The highest BCUT2D eigenvalue weighted by atomic mass is 35.5. The average molecular weight is 403 g/mol. The molecule has 0 spiro atoms. The number of hydrogen-bond donors (Lipinski definition) is 2. The summed E-state index contributed by atoms with van der Waals surface area (Å²) >= 11 is 18.0. The number of amides is 2. The average Bonchev–Trinajstić information content (AvgIpc) is 2.57. The van der Waals surface area contributed by atoms with Crippen molar-refractivity contribution in [2.75, 3.05) is 19.5 Å². The number of benzene rings is 2. The molecule has 0 fully saturated rings. The third-order valence-electron chi connectivity index (χ3n) is 3.04. The Labute approximate surface area is 159 Å². The zero-order valence-electron chi connectivity index (χ0n) is 13.3. The normalized spacial score (nSPS) is 10.6. The van der Waals surface area contributed by atoms with E-state index in [0.717, 1.165) is 0 Å². The van der Waals surface area contributed by atoms with E-state index in [4.69, 9.17) is 44.3 Å². The molecule has 0 bridgehead atoms. The van der Waals surface area contributed by atoms with Crippen LogP contribution in [0.15, 0.2) is 35.4 Å². The number of nitrogens with zero attached hydrogens (tertiary/aromatic N) is 1. The lowest BCUT2D eigenvalue weighted by atomic mass is 10.2. The second-order valence-electron chi connectivity index (χ2n) is 4.66. The number of urea groups is 1. The van der Waals surface area contributed by atoms with Gasteiger partial charge in [0.05, 0.1) is 25.5 Å². The summed E-state index contributed by atoms with van der Waals surface area (Å²) in [6.07, 6.45) is 1.36. The lowest BCUT2D eigenvalue weighted by molar-refractivity contribution is 0.252. The highest BCUT2D eigenvalue weighted by Crippen LogP contribution is 2.41. The van der Waals surface area contributed by atoms with Gasteiger partial charge in [-0.1, -0.05) is 34.8 Å². The first-order valence-corrected chi connectivity index (χ1v) is 8.05. The molecule has 0 heterocycles. The fraction of sp³-hybridized carbons (Fsp3) is 0.125. The van der Waals surface area contributed by atoms with Crippen LogP contribution in [0.4, 0.5) is 10.5 Å². The highest BCUT2D eigenvalue weighted by Gasteiger charge is 2.16. The summed E-state index contributed by atoms with van der Waals surface area (Å²) < 4.78 is 10.3. The van der Waals surface area contributed by atoms with Crippen LogP contribution in [0.25, 0.3) is 0 Å². The second-order valence-corrected chi connectivity index (χ2v) is 5.88. The van der Waals surface area contributed by atoms with Gasteiger partial charge in [-0.25, -0.2) is 10.2 Å². The van der Waals surface area contributed by atoms with E-state index in [1.165, 1.54) is 20.4 Å². The van der Waals surface area contributed by atoms with Crippen LogP contribution in [0.2, 0.25) is 15.1 Å². The van der Waals surface area contributed by atoms with Crippen molar-refractivity contribution in [3.63, 3.8) is 0 Å². The number of rotatable bonds is 5. The number of hydrogen-bond acceptors (Lipinski definition) is 4. The van der Waals surface area contributed by atoms with Crippen molar-refractivity contribution in [3.8, 4) is 11.5 Å². The third-order valence-corrected chi connectivity index (χ3v) is 3.92. The quantitative estimate of drug-likeness (QED) is 0.556. The Morgan fingerprint density at radius 1 is 1.08 bits per heavy atom. The highest BCUT2D eigenvalue weighted by molar-refractivity contribution is 6.38. The van der Waals surface area contributed by atoms with Gasteiger partial charge in [0, 0.05) is 16.3 Å². The molecule has 0 aromatic heterocycles. The number of nitrogens with one attached hydrogen (secondary N) is 2. The zero-order valence-corrected chi connectivity index (χ0v) is 15.5. The first kappa shape index (κ1) is 19.2. The van der Waals surface area contributed by atoms with Gasteiger partial charge in [0.25, 0.3) is 0 Å². The summed E-state index contributed by atoms with van der Waals surface area (Å²) in [6.45, 7) is 0. The monoisotopic (exact) mass is 401 g/mol. The van der Waals surface area contributed by atoms with E-state index in [1.54, 1.807) is 30.3 Å². The number of methoxy groups -OCH3 is 2. The van der Waals surface area contributed by atoms with Gasteiger partial charge in [-0.2, -0.15) is 5.10 Å². The van der Waals surface area contributed by atoms with Crippen molar-refractivity contribution in [2.24, 2.45) is 5.10 Å². The maximum absolute atomic E-state index is 11.8. The van der Waals surface area contributed by atoms with Gasteiger partial charge in [0.1, 0.15) is 10.8 Å². The molecule has 2 aromatic carbocycles. The van der Waals surface area contributed by atoms with Crippen molar-refractivity contribution in [1.82, 2.24) is 5.43 Å². The molecule has 0 aliphatic heterocycles. The standard InChI is InChI=1S/C16H14Cl3N3O3/c1-24-14-9(7-12(18)15(25-2)13(14)19)8-20-22-16(23)21-11-5-3-10(17)4-6-11/h3-8H,1-2H3,(H2,21,22,23)/b20-8-.